The molecule has 6 heteroatoms. The van der Waals surface area contributed by atoms with Crippen LogP contribution in [-0.4, -0.2) is 17.4 Å². The van der Waals surface area contributed by atoms with Gasteiger partial charge < -0.3 is 5.73 Å². The van der Waals surface area contributed by atoms with Crippen molar-refractivity contribution in [2.24, 2.45) is 5.73 Å². The van der Waals surface area contributed by atoms with Crippen LogP contribution >= 0.6 is 22.7 Å². The maximum atomic E-state index is 12.3. The van der Waals surface area contributed by atoms with Crippen molar-refractivity contribution in [2.45, 2.75) is 25.7 Å². The number of thiazole rings is 1. The van der Waals surface area contributed by atoms with Gasteiger partial charge in [0.25, 0.3) is 5.91 Å². The third-order valence-electron chi connectivity index (χ3n) is 3.26. The Balaban J connectivity index is 1.77. The van der Waals surface area contributed by atoms with Gasteiger partial charge in [-0.1, -0.05) is 11.8 Å². The highest BCUT2D eigenvalue weighted by molar-refractivity contribution is 7.16. The molecule has 3 N–H and O–H groups in total. The quantitative estimate of drug-likeness (QED) is 0.837. The SMILES string of the molecule is NCC#Cc1ccsc1C(=O)Nc1nc2c(s1)CCCC2. The number of hydrogen-bond donors (Lipinski definition) is 2. The third kappa shape index (κ3) is 3.16. The van der Waals surface area contributed by atoms with Crippen LogP contribution in [0.5, 0.6) is 0 Å². The van der Waals surface area contributed by atoms with Crippen LogP contribution in [0, 0.1) is 11.8 Å². The Hall–Kier alpha value is -1.68. The zero-order valence-corrected chi connectivity index (χ0v) is 13.1. The molecule has 1 aliphatic carbocycles. The lowest BCUT2D eigenvalue weighted by Gasteiger charge is -2.06. The molecule has 0 unspecified atom stereocenters. The highest BCUT2D eigenvalue weighted by Crippen LogP contribution is 2.30. The zero-order valence-electron chi connectivity index (χ0n) is 11.4. The highest BCUT2D eigenvalue weighted by Gasteiger charge is 2.18. The van der Waals surface area contributed by atoms with Gasteiger partial charge in [-0.2, -0.15) is 0 Å². The number of rotatable bonds is 2. The van der Waals surface area contributed by atoms with E-state index in [9.17, 15) is 4.79 Å². The van der Waals surface area contributed by atoms with Crippen LogP contribution in [0.2, 0.25) is 0 Å². The summed E-state index contributed by atoms with van der Waals surface area (Å²) < 4.78 is 0. The monoisotopic (exact) mass is 317 g/mol. The standard InChI is InChI=1S/C15H15N3OS2/c16-8-3-4-10-7-9-20-13(10)14(19)18-15-17-11-5-1-2-6-12(11)21-15/h7,9H,1-2,5-6,8,16H2,(H,17,18,19). The molecule has 0 saturated carbocycles. The number of hydrogen-bond acceptors (Lipinski definition) is 5. The molecule has 3 rings (SSSR count). The number of amides is 1. The second-order valence-corrected chi connectivity index (χ2v) is 6.72. The summed E-state index contributed by atoms with van der Waals surface area (Å²) in [5.41, 5.74) is 7.25. The van der Waals surface area contributed by atoms with Crippen molar-refractivity contribution >= 4 is 33.7 Å². The van der Waals surface area contributed by atoms with Gasteiger partial charge in [0.2, 0.25) is 0 Å². The predicted molar refractivity (Wildman–Crippen MR) is 87.0 cm³/mol. The first-order valence-corrected chi connectivity index (χ1v) is 8.54. The van der Waals surface area contributed by atoms with Crippen molar-refractivity contribution < 1.29 is 4.79 Å². The molecule has 1 amide bonds. The molecule has 21 heavy (non-hydrogen) atoms. The summed E-state index contributed by atoms with van der Waals surface area (Å²) in [6, 6.07) is 1.84. The van der Waals surface area contributed by atoms with E-state index in [0.717, 1.165) is 24.1 Å². The molecule has 0 atom stereocenters. The van der Waals surface area contributed by atoms with Crippen molar-refractivity contribution in [3.05, 3.63) is 32.5 Å². The van der Waals surface area contributed by atoms with E-state index >= 15 is 0 Å². The third-order valence-corrected chi connectivity index (χ3v) is 5.25. The number of aryl methyl sites for hydroxylation is 2. The van der Waals surface area contributed by atoms with Crippen molar-refractivity contribution in [1.29, 1.82) is 0 Å². The first kappa shape index (κ1) is 14.3. The number of fused-ring (bicyclic) bond motifs is 1. The molecule has 0 fully saturated rings. The fraction of sp³-hybridized carbons (Fsp3) is 0.333. The second kappa shape index (κ2) is 6.39. The van der Waals surface area contributed by atoms with E-state index in [1.165, 1.54) is 29.1 Å². The lowest BCUT2D eigenvalue weighted by molar-refractivity contribution is 0.103. The molecule has 0 spiro atoms. The first-order valence-electron chi connectivity index (χ1n) is 6.84. The molecule has 1 aliphatic rings. The largest absolute Gasteiger partial charge is 0.320 e. The Morgan fingerprint density at radius 3 is 3.10 bits per heavy atom. The van der Waals surface area contributed by atoms with Gasteiger partial charge >= 0.3 is 0 Å². The molecular weight excluding hydrogens is 302 g/mol. The maximum absolute atomic E-state index is 12.3. The van der Waals surface area contributed by atoms with Gasteiger partial charge in [-0.15, -0.1) is 22.7 Å². The number of anilines is 1. The number of carbonyl (C=O) groups excluding carboxylic acids is 1. The number of nitrogens with two attached hydrogens (primary N) is 1. The molecule has 0 aromatic carbocycles. The van der Waals surface area contributed by atoms with E-state index < -0.39 is 0 Å². The molecule has 4 nitrogen and oxygen atoms in total. The fourth-order valence-electron chi connectivity index (χ4n) is 2.29. The van der Waals surface area contributed by atoms with Crippen LogP contribution in [0.1, 0.15) is 38.6 Å². The average molecular weight is 317 g/mol. The normalized spacial score (nSPS) is 13.2. The van der Waals surface area contributed by atoms with E-state index in [-0.39, 0.29) is 12.5 Å². The number of nitrogens with one attached hydrogen (secondary N) is 1. The molecular formula is C15H15N3OS2. The van der Waals surface area contributed by atoms with E-state index in [1.54, 1.807) is 11.3 Å². The van der Waals surface area contributed by atoms with Crippen LogP contribution in [-0.2, 0) is 12.8 Å². The average Bonchev–Trinajstić information content (AvgIpc) is 3.10. The van der Waals surface area contributed by atoms with E-state index in [1.807, 2.05) is 11.4 Å². The minimum absolute atomic E-state index is 0.141. The topological polar surface area (TPSA) is 68.0 Å². The number of nitrogens with zero attached hydrogens (tertiary/aromatic N) is 1. The van der Waals surface area contributed by atoms with E-state index in [0.29, 0.717) is 10.0 Å². The van der Waals surface area contributed by atoms with Gasteiger partial charge in [0.1, 0.15) is 4.88 Å². The van der Waals surface area contributed by atoms with Gasteiger partial charge in [0.15, 0.2) is 5.13 Å². The Kier molecular flexibility index (Phi) is 4.34. The molecule has 2 aromatic rings. The Morgan fingerprint density at radius 1 is 1.43 bits per heavy atom. The number of carbonyl (C=O) groups is 1. The Morgan fingerprint density at radius 2 is 2.29 bits per heavy atom. The Labute approximate surface area is 131 Å². The molecule has 0 radical (unpaired) electrons. The van der Waals surface area contributed by atoms with Gasteiger partial charge in [-0.3, -0.25) is 10.1 Å². The second-order valence-electron chi connectivity index (χ2n) is 4.72. The first-order chi connectivity index (χ1) is 10.3. The van der Waals surface area contributed by atoms with Crippen LogP contribution in [0.25, 0.3) is 0 Å². The summed E-state index contributed by atoms with van der Waals surface area (Å²) in [5.74, 6) is 5.57. The van der Waals surface area contributed by atoms with Crippen molar-refractivity contribution in [1.82, 2.24) is 4.98 Å². The van der Waals surface area contributed by atoms with Gasteiger partial charge in [-0.25, -0.2) is 4.98 Å². The molecule has 0 saturated heterocycles. The number of thiophene rings is 1. The predicted octanol–water partition coefficient (Wildman–Crippen LogP) is 2.65. The van der Waals surface area contributed by atoms with Crippen LogP contribution in [0.3, 0.4) is 0 Å². The van der Waals surface area contributed by atoms with Crippen LogP contribution in [0.15, 0.2) is 11.4 Å². The van der Waals surface area contributed by atoms with Gasteiger partial charge in [-0.05, 0) is 37.1 Å². The summed E-state index contributed by atoms with van der Waals surface area (Å²) in [5, 5.41) is 5.45. The lowest BCUT2D eigenvalue weighted by Crippen LogP contribution is -2.11. The Bertz CT molecular complexity index is 697. The molecule has 2 aromatic heterocycles. The molecule has 0 aliphatic heterocycles. The van der Waals surface area contributed by atoms with Gasteiger partial charge in [0.05, 0.1) is 12.2 Å². The number of aromatic nitrogens is 1. The molecule has 2 heterocycles. The highest BCUT2D eigenvalue weighted by atomic mass is 32.1. The minimum atomic E-state index is -0.141. The van der Waals surface area contributed by atoms with E-state index in [4.69, 9.17) is 5.73 Å². The van der Waals surface area contributed by atoms with Crippen molar-refractivity contribution in [2.75, 3.05) is 11.9 Å². The fourth-order valence-corrected chi connectivity index (χ4v) is 4.08. The summed E-state index contributed by atoms with van der Waals surface area (Å²) in [4.78, 5) is 18.8. The van der Waals surface area contributed by atoms with Crippen molar-refractivity contribution in [3.8, 4) is 11.8 Å². The van der Waals surface area contributed by atoms with Crippen LogP contribution < -0.4 is 11.1 Å². The van der Waals surface area contributed by atoms with Crippen LogP contribution in [0.4, 0.5) is 5.13 Å². The smallest absolute Gasteiger partial charge is 0.268 e. The van der Waals surface area contributed by atoms with Gasteiger partial charge in [0, 0.05) is 10.4 Å². The van der Waals surface area contributed by atoms with E-state index in [2.05, 4.69) is 22.1 Å². The minimum Gasteiger partial charge on any atom is -0.320 e. The van der Waals surface area contributed by atoms with Crippen molar-refractivity contribution in [3.63, 3.8) is 0 Å². The summed E-state index contributed by atoms with van der Waals surface area (Å²) >= 11 is 2.97. The summed E-state index contributed by atoms with van der Waals surface area (Å²) in [6.45, 7) is 0.288. The summed E-state index contributed by atoms with van der Waals surface area (Å²) in [7, 11) is 0. The lowest BCUT2D eigenvalue weighted by atomic mass is 10.0. The summed E-state index contributed by atoms with van der Waals surface area (Å²) in [6.07, 6.45) is 4.50. The maximum Gasteiger partial charge on any atom is 0.268 e. The molecule has 108 valence electrons. The zero-order chi connectivity index (χ0) is 14.7. The molecule has 0 bridgehead atoms.